The minimum absolute atomic E-state index is 0.00885. The molecule has 1 aromatic heterocycles. The number of halogens is 2. The maximum Gasteiger partial charge on any atom is 0.270 e. The molecule has 30 heavy (non-hydrogen) atoms. The third-order valence-electron chi connectivity index (χ3n) is 4.09. The number of carbonyl (C=O) groups is 2. The van der Waals surface area contributed by atoms with Crippen LogP contribution in [0.15, 0.2) is 48.8 Å². The monoisotopic (exact) mass is 414 g/mol. The molecule has 0 aliphatic heterocycles. The van der Waals surface area contributed by atoms with Crippen LogP contribution in [0, 0.1) is 25.5 Å². The highest BCUT2D eigenvalue weighted by Crippen LogP contribution is 2.10. The summed E-state index contributed by atoms with van der Waals surface area (Å²) in [5.74, 6) is -2.98. The summed E-state index contributed by atoms with van der Waals surface area (Å²) in [6.07, 6.45) is 0.902. The minimum atomic E-state index is -2.37. The molecule has 0 bridgehead atoms. The molecule has 0 atom stereocenters. The lowest BCUT2D eigenvalue weighted by molar-refractivity contribution is 0.0944. The third-order valence-corrected chi connectivity index (χ3v) is 4.09. The predicted octanol–water partition coefficient (Wildman–Crippen LogP) is 3.23. The van der Waals surface area contributed by atoms with Gasteiger partial charge >= 0.3 is 0 Å². The molecule has 2 amide bonds. The number of nitrogens with one attached hydrogen (secondary N) is 2. The second-order valence-corrected chi connectivity index (χ2v) is 6.37. The molecule has 0 fully saturated rings. The number of hydrogen-bond donors (Lipinski definition) is 2. The fourth-order valence-corrected chi connectivity index (χ4v) is 2.44. The summed E-state index contributed by atoms with van der Waals surface area (Å²) in [6, 6.07) is 8.04. The molecular weight excluding hydrogens is 390 g/mol. The van der Waals surface area contributed by atoms with Gasteiger partial charge in [-0.15, -0.1) is 0 Å². The lowest BCUT2D eigenvalue weighted by Crippen LogP contribution is -2.27. The van der Waals surface area contributed by atoms with E-state index in [1.807, 2.05) is 0 Å². The molecule has 0 saturated heterocycles. The fourth-order valence-electron chi connectivity index (χ4n) is 2.44. The summed E-state index contributed by atoms with van der Waals surface area (Å²) in [4.78, 5) is 32.6. The Morgan fingerprint density at radius 2 is 1.27 bits per heavy atom. The molecule has 0 saturated carbocycles. The lowest BCUT2D eigenvalue weighted by Gasteiger charge is -2.08. The van der Waals surface area contributed by atoms with Gasteiger partial charge in [0.15, 0.2) is 0 Å². The Kier molecular flexibility index (Phi) is 4.96. The smallest absolute Gasteiger partial charge is 0.270 e. The Hall–Kier alpha value is -3.68. The second-order valence-electron chi connectivity index (χ2n) is 6.37. The van der Waals surface area contributed by atoms with E-state index >= 15 is 0 Å². The largest absolute Gasteiger partial charge is 0.347 e. The Morgan fingerprint density at radius 3 is 1.67 bits per heavy atom. The van der Waals surface area contributed by atoms with Crippen LogP contribution in [0.5, 0.6) is 0 Å². The molecule has 3 aromatic rings. The van der Waals surface area contributed by atoms with Crippen LogP contribution in [0.25, 0.3) is 0 Å². The number of amides is 2. The first-order valence-corrected chi connectivity index (χ1v) is 8.80. The highest BCUT2D eigenvalue weighted by atomic mass is 19.1. The van der Waals surface area contributed by atoms with Crippen molar-refractivity contribution in [3.63, 3.8) is 0 Å². The van der Waals surface area contributed by atoms with Crippen molar-refractivity contribution in [2.75, 3.05) is 0 Å². The van der Waals surface area contributed by atoms with Gasteiger partial charge in [-0.3, -0.25) is 9.59 Å². The lowest BCUT2D eigenvalue weighted by atomic mass is 10.1. The number of carbonyl (C=O) groups excluding carboxylic acids is 2. The SMILES string of the molecule is [2H]C([2H])(NC(=O)c1cc(C(=O)NC([2H])([2H])c2ccc(F)c(C)c2)ncn1)c1ccc(F)c(C)c1. The average Bonchev–Trinajstić information content (AvgIpc) is 2.76. The molecule has 6 nitrogen and oxygen atoms in total. The molecule has 0 aliphatic carbocycles. The first-order valence-electron chi connectivity index (χ1n) is 10.8. The van der Waals surface area contributed by atoms with Crippen molar-refractivity contribution >= 4 is 11.8 Å². The highest BCUT2D eigenvalue weighted by Gasteiger charge is 2.13. The molecule has 2 aromatic carbocycles. The Labute approximate surface area is 178 Å². The van der Waals surface area contributed by atoms with Gasteiger partial charge in [0.1, 0.15) is 29.3 Å². The van der Waals surface area contributed by atoms with Crippen molar-refractivity contribution < 1.29 is 23.9 Å². The molecule has 3 rings (SSSR count). The van der Waals surface area contributed by atoms with Crippen LogP contribution in [-0.2, 0) is 13.0 Å². The van der Waals surface area contributed by atoms with Crippen LogP contribution in [-0.4, -0.2) is 21.8 Å². The molecule has 2 N–H and O–H groups in total. The molecule has 154 valence electrons. The van der Waals surface area contributed by atoms with Crippen molar-refractivity contribution in [3.05, 3.63) is 94.1 Å². The summed E-state index contributed by atoms with van der Waals surface area (Å²) in [5, 5.41) is 4.26. The summed E-state index contributed by atoms with van der Waals surface area (Å²) >= 11 is 0. The quantitative estimate of drug-likeness (QED) is 0.649. The van der Waals surface area contributed by atoms with Crippen molar-refractivity contribution in [1.82, 2.24) is 20.6 Å². The van der Waals surface area contributed by atoms with E-state index in [1.165, 1.54) is 38.1 Å². The van der Waals surface area contributed by atoms with Gasteiger partial charge in [-0.25, -0.2) is 18.7 Å². The number of benzene rings is 2. The summed E-state index contributed by atoms with van der Waals surface area (Å²) in [7, 11) is 0. The average molecular weight is 414 g/mol. The van der Waals surface area contributed by atoms with E-state index in [1.54, 1.807) is 0 Å². The number of hydrogen-bond acceptors (Lipinski definition) is 4. The first kappa shape index (κ1) is 16.2. The van der Waals surface area contributed by atoms with E-state index in [0.717, 1.165) is 24.5 Å². The van der Waals surface area contributed by atoms with E-state index in [4.69, 9.17) is 5.48 Å². The standard InChI is InChI=1S/C22H20F2N4O2/c1-13-7-15(3-5-17(13)23)10-25-21(29)19-9-20(28-12-27-19)22(30)26-11-16-4-6-18(24)14(2)8-16/h3-9,12H,10-11H2,1-2H3,(H,25,29)(H,26,30)/i10D2,11D2. The van der Waals surface area contributed by atoms with Crippen LogP contribution in [0.2, 0.25) is 0 Å². The Bertz CT molecular complexity index is 1180. The Morgan fingerprint density at radius 1 is 0.833 bits per heavy atom. The predicted molar refractivity (Wildman–Crippen MR) is 107 cm³/mol. The van der Waals surface area contributed by atoms with E-state index < -0.39 is 36.4 Å². The zero-order chi connectivity index (χ0) is 25.3. The van der Waals surface area contributed by atoms with Gasteiger partial charge in [0.05, 0.1) is 5.48 Å². The number of rotatable bonds is 6. The second kappa shape index (κ2) is 9.21. The van der Waals surface area contributed by atoms with Gasteiger partial charge in [-0.1, -0.05) is 24.3 Å². The third kappa shape index (κ3) is 5.22. The van der Waals surface area contributed by atoms with Gasteiger partial charge in [-0.05, 0) is 48.2 Å². The summed E-state index contributed by atoms with van der Waals surface area (Å²) in [6.45, 7) is -1.84. The minimum Gasteiger partial charge on any atom is -0.347 e. The van der Waals surface area contributed by atoms with Crippen molar-refractivity contribution in [1.29, 1.82) is 0 Å². The maximum absolute atomic E-state index is 13.5. The van der Waals surface area contributed by atoms with E-state index in [-0.39, 0.29) is 33.6 Å². The van der Waals surface area contributed by atoms with Gasteiger partial charge in [-0.2, -0.15) is 0 Å². The number of aryl methyl sites for hydroxylation is 2. The van der Waals surface area contributed by atoms with E-state index in [0.29, 0.717) is 0 Å². The molecule has 0 spiro atoms. The first-order chi connectivity index (χ1) is 15.8. The normalized spacial score (nSPS) is 13.5. The van der Waals surface area contributed by atoms with Gasteiger partial charge in [0.2, 0.25) is 0 Å². The zero-order valence-electron chi connectivity index (χ0n) is 20.1. The zero-order valence-corrected chi connectivity index (χ0v) is 16.1. The molecule has 8 heteroatoms. The van der Waals surface area contributed by atoms with E-state index in [9.17, 15) is 18.4 Å². The highest BCUT2D eigenvalue weighted by molar-refractivity contribution is 5.97. The Balaban J connectivity index is 1.77. The van der Waals surface area contributed by atoms with Crippen LogP contribution in [0.4, 0.5) is 8.78 Å². The molecule has 0 aliphatic rings. The maximum atomic E-state index is 13.5. The molecule has 0 unspecified atom stereocenters. The van der Waals surface area contributed by atoms with Crippen LogP contribution >= 0.6 is 0 Å². The van der Waals surface area contributed by atoms with Crippen molar-refractivity contribution in [3.8, 4) is 0 Å². The van der Waals surface area contributed by atoms with Crippen molar-refractivity contribution in [2.45, 2.75) is 26.8 Å². The molecule has 1 heterocycles. The topological polar surface area (TPSA) is 84.0 Å². The van der Waals surface area contributed by atoms with Gasteiger partial charge in [0.25, 0.3) is 11.8 Å². The summed E-state index contributed by atoms with van der Waals surface area (Å²) in [5.41, 5.74) is -0.282. The van der Waals surface area contributed by atoms with Crippen LogP contribution < -0.4 is 10.6 Å². The van der Waals surface area contributed by atoms with Crippen LogP contribution in [0.3, 0.4) is 0 Å². The van der Waals surface area contributed by atoms with Crippen molar-refractivity contribution in [2.24, 2.45) is 0 Å². The van der Waals surface area contributed by atoms with Crippen LogP contribution in [0.1, 0.15) is 48.7 Å². The molecular formula is C22H20F2N4O2. The van der Waals surface area contributed by atoms with Gasteiger partial charge < -0.3 is 10.6 Å². The van der Waals surface area contributed by atoms with Gasteiger partial charge in [0, 0.05) is 19.1 Å². The molecule has 0 radical (unpaired) electrons. The summed E-state index contributed by atoms with van der Waals surface area (Å²) < 4.78 is 59.4. The van der Waals surface area contributed by atoms with E-state index in [2.05, 4.69) is 20.6 Å². The number of nitrogens with zero attached hydrogens (tertiary/aromatic N) is 2. The number of aromatic nitrogens is 2. The fraction of sp³-hybridized carbons (Fsp3) is 0.182.